The van der Waals surface area contributed by atoms with Gasteiger partial charge in [0.2, 0.25) is 5.78 Å². The van der Waals surface area contributed by atoms with Crippen molar-refractivity contribution in [2.45, 2.75) is 19.0 Å². The molecule has 0 saturated heterocycles. The van der Waals surface area contributed by atoms with Crippen molar-refractivity contribution in [1.82, 2.24) is 19.4 Å². The number of Topliss-reactive ketones (excluding diaryl/α,β-unsaturated/α-hetero) is 1. The molecular formula is C20H18N4O4. The Morgan fingerprint density at radius 2 is 2.07 bits per heavy atom. The number of furan rings is 1. The molecule has 8 heteroatoms. The summed E-state index contributed by atoms with van der Waals surface area (Å²) in [6.45, 7) is 1.02. The minimum absolute atomic E-state index is 0.00980. The molecular weight excluding hydrogens is 360 g/mol. The molecule has 0 unspecified atom stereocenters. The fraction of sp³-hybridized carbons (Fsp3) is 0.200. The second-order valence-corrected chi connectivity index (χ2v) is 6.41. The molecule has 3 aromatic rings. The number of aliphatic hydroxyl groups is 1. The summed E-state index contributed by atoms with van der Waals surface area (Å²) in [5.74, 6) is -1.56. The molecule has 1 aliphatic rings. The van der Waals surface area contributed by atoms with E-state index >= 15 is 0 Å². The molecule has 0 spiro atoms. The molecule has 3 aromatic heterocycles. The van der Waals surface area contributed by atoms with Gasteiger partial charge in [0.25, 0.3) is 5.91 Å². The molecule has 1 amide bonds. The highest BCUT2D eigenvalue weighted by Crippen LogP contribution is 2.38. The molecule has 4 heterocycles. The van der Waals surface area contributed by atoms with Crippen LogP contribution in [0.1, 0.15) is 28.6 Å². The first-order chi connectivity index (χ1) is 13.7. The summed E-state index contributed by atoms with van der Waals surface area (Å²) in [6, 6.07) is 5.88. The normalized spacial score (nSPS) is 16.8. The molecule has 0 aromatic carbocycles. The minimum atomic E-state index is -0.721. The van der Waals surface area contributed by atoms with Crippen LogP contribution in [0.3, 0.4) is 0 Å². The van der Waals surface area contributed by atoms with Gasteiger partial charge in [0.05, 0.1) is 24.2 Å². The van der Waals surface area contributed by atoms with Crippen molar-refractivity contribution in [2.24, 2.45) is 0 Å². The van der Waals surface area contributed by atoms with Crippen LogP contribution < -0.4 is 0 Å². The lowest BCUT2D eigenvalue weighted by Gasteiger charge is -2.26. The van der Waals surface area contributed by atoms with Gasteiger partial charge in [0.15, 0.2) is 11.5 Å². The van der Waals surface area contributed by atoms with E-state index in [0.29, 0.717) is 25.1 Å². The molecule has 142 valence electrons. The maximum absolute atomic E-state index is 12.9. The van der Waals surface area contributed by atoms with Gasteiger partial charge in [0, 0.05) is 37.9 Å². The number of aromatic nitrogens is 3. The number of ketones is 1. The number of nitrogens with zero attached hydrogens (tertiary/aromatic N) is 4. The molecule has 1 aliphatic heterocycles. The van der Waals surface area contributed by atoms with Crippen LogP contribution in [0.25, 0.3) is 0 Å². The Balaban J connectivity index is 1.64. The second-order valence-electron chi connectivity index (χ2n) is 6.41. The van der Waals surface area contributed by atoms with Gasteiger partial charge in [-0.15, -0.1) is 0 Å². The number of carbonyl (C=O) groups is 2. The number of carbonyl (C=O) groups excluding carboxylic acids is 2. The molecule has 0 fully saturated rings. The van der Waals surface area contributed by atoms with Crippen molar-refractivity contribution in [1.29, 1.82) is 0 Å². The van der Waals surface area contributed by atoms with Crippen molar-refractivity contribution in [2.75, 3.05) is 6.54 Å². The Labute approximate surface area is 160 Å². The number of pyridine rings is 1. The molecule has 0 saturated carbocycles. The van der Waals surface area contributed by atoms with Gasteiger partial charge in [-0.1, -0.05) is 6.07 Å². The quantitative estimate of drug-likeness (QED) is 0.634. The highest BCUT2D eigenvalue weighted by atomic mass is 16.3. The summed E-state index contributed by atoms with van der Waals surface area (Å²) in [7, 11) is 0. The van der Waals surface area contributed by atoms with Crippen LogP contribution >= 0.6 is 0 Å². The van der Waals surface area contributed by atoms with E-state index in [-0.39, 0.29) is 11.3 Å². The lowest BCUT2D eigenvalue weighted by molar-refractivity contribution is -0.129. The molecule has 1 N–H and O–H groups in total. The van der Waals surface area contributed by atoms with Crippen LogP contribution in [0.4, 0.5) is 0 Å². The lowest BCUT2D eigenvalue weighted by atomic mass is 9.96. The Morgan fingerprint density at radius 1 is 1.18 bits per heavy atom. The molecule has 0 aliphatic carbocycles. The zero-order valence-corrected chi connectivity index (χ0v) is 14.9. The molecule has 8 nitrogen and oxygen atoms in total. The third kappa shape index (κ3) is 3.20. The first-order valence-electron chi connectivity index (χ1n) is 8.85. The summed E-state index contributed by atoms with van der Waals surface area (Å²) < 4.78 is 7.09. The first-order valence-corrected chi connectivity index (χ1v) is 8.85. The van der Waals surface area contributed by atoms with E-state index in [4.69, 9.17) is 4.42 Å². The number of hydrogen-bond donors (Lipinski definition) is 1. The number of imidazole rings is 1. The first kappa shape index (κ1) is 17.7. The van der Waals surface area contributed by atoms with Crippen molar-refractivity contribution in [3.05, 3.63) is 84.3 Å². The van der Waals surface area contributed by atoms with Crippen LogP contribution in [0.15, 0.2) is 77.4 Å². The van der Waals surface area contributed by atoms with Gasteiger partial charge in [-0.05, 0) is 30.2 Å². The smallest absolute Gasteiger partial charge is 0.290 e. The van der Waals surface area contributed by atoms with E-state index in [1.54, 1.807) is 43.1 Å². The second kappa shape index (κ2) is 7.51. The zero-order chi connectivity index (χ0) is 19.5. The van der Waals surface area contributed by atoms with Gasteiger partial charge in [-0.3, -0.25) is 14.6 Å². The summed E-state index contributed by atoms with van der Waals surface area (Å²) in [6.07, 6.45) is 10.4. The van der Waals surface area contributed by atoms with E-state index in [0.717, 1.165) is 0 Å². The fourth-order valence-electron chi connectivity index (χ4n) is 3.38. The average Bonchev–Trinajstić information content (AvgIpc) is 3.46. The van der Waals surface area contributed by atoms with E-state index in [1.165, 1.54) is 17.2 Å². The van der Waals surface area contributed by atoms with E-state index in [1.807, 2.05) is 10.8 Å². The van der Waals surface area contributed by atoms with Crippen molar-refractivity contribution in [3.63, 3.8) is 0 Å². The number of rotatable bonds is 7. The van der Waals surface area contributed by atoms with Crippen molar-refractivity contribution in [3.8, 4) is 0 Å². The van der Waals surface area contributed by atoms with Gasteiger partial charge in [-0.25, -0.2) is 4.98 Å². The van der Waals surface area contributed by atoms with Gasteiger partial charge >= 0.3 is 0 Å². The van der Waals surface area contributed by atoms with Crippen molar-refractivity contribution >= 4 is 11.7 Å². The van der Waals surface area contributed by atoms with E-state index < -0.39 is 23.5 Å². The largest absolute Gasteiger partial charge is 0.503 e. The molecule has 28 heavy (non-hydrogen) atoms. The highest BCUT2D eigenvalue weighted by molar-refractivity contribution is 6.14. The Kier molecular flexibility index (Phi) is 4.76. The molecule has 0 bridgehead atoms. The molecule has 1 atom stereocenters. The SMILES string of the molecule is O=C(C1=C(O)C(=O)N(CCCn2ccnc2)[C@H]1c1cccnc1)c1ccco1. The van der Waals surface area contributed by atoms with Gasteiger partial charge in [0.1, 0.15) is 0 Å². The maximum Gasteiger partial charge on any atom is 0.290 e. The Morgan fingerprint density at radius 3 is 2.75 bits per heavy atom. The number of aryl methyl sites for hydroxylation is 1. The number of aliphatic hydroxyl groups excluding tert-OH is 1. The third-order valence-corrected chi connectivity index (χ3v) is 4.67. The van der Waals surface area contributed by atoms with E-state index in [9.17, 15) is 14.7 Å². The minimum Gasteiger partial charge on any atom is -0.503 e. The fourth-order valence-corrected chi connectivity index (χ4v) is 3.38. The Hall–Kier alpha value is -3.68. The number of amides is 1. The molecule has 0 radical (unpaired) electrons. The Bertz CT molecular complexity index is 994. The topological polar surface area (TPSA) is 101 Å². The predicted octanol–water partition coefficient (Wildman–Crippen LogP) is 2.54. The van der Waals surface area contributed by atoms with Gasteiger partial charge < -0.3 is 19.0 Å². The van der Waals surface area contributed by atoms with Crippen LogP contribution in [0.2, 0.25) is 0 Å². The summed E-state index contributed by atoms with van der Waals surface area (Å²) in [5, 5.41) is 10.5. The van der Waals surface area contributed by atoms with Crippen LogP contribution in [0, 0.1) is 0 Å². The summed E-state index contributed by atoms with van der Waals surface area (Å²) in [5.41, 5.74) is 0.660. The number of hydrogen-bond acceptors (Lipinski definition) is 6. The monoisotopic (exact) mass is 378 g/mol. The standard InChI is InChI=1S/C20H18N4O4/c25-18(15-5-2-11-28-15)16-17(14-4-1-6-21-12-14)24(20(27)19(16)26)9-3-8-23-10-7-22-13-23/h1-2,4-7,10-13,17,26H,3,8-9H2/t17-/m0/s1. The molecule has 4 rings (SSSR count). The van der Waals surface area contributed by atoms with Gasteiger partial charge in [-0.2, -0.15) is 0 Å². The summed E-state index contributed by atoms with van der Waals surface area (Å²) in [4.78, 5) is 35.3. The maximum atomic E-state index is 12.9. The lowest BCUT2D eigenvalue weighted by Crippen LogP contribution is -2.32. The van der Waals surface area contributed by atoms with Crippen molar-refractivity contribution < 1.29 is 19.1 Å². The predicted molar refractivity (Wildman–Crippen MR) is 98.2 cm³/mol. The van der Waals surface area contributed by atoms with Crippen LogP contribution in [-0.4, -0.2) is 42.8 Å². The highest BCUT2D eigenvalue weighted by Gasteiger charge is 2.44. The van der Waals surface area contributed by atoms with Crippen LogP contribution in [-0.2, 0) is 11.3 Å². The van der Waals surface area contributed by atoms with E-state index in [2.05, 4.69) is 9.97 Å². The average molecular weight is 378 g/mol. The third-order valence-electron chi connectivity index (χ3n) is 4.67. The zero-order valence-electron chi connectivity index (χ0n) is 14.9. The van der Waals surface area contributed by atoms with Crippen LogP contribution in [0.5, 0.6) is 0 Å². The summed E-state index contributed by atoms with van der Waals surface area (Å²) >= 11 is 0.